The van der Waals surface area contributed by atoms with Crippen LogP contribution in [0.1, 0.15) is 35.2 Å². The lowest BCUT2D eigenvalue weighted by Crippen LogP contribution is -2.40. The van der Waals surface area contributed by atoms with E-state index < -0.39 is 23.4 Å². The zero-order chi connectivity index (χ0) is 18.6. The van der Waals surface area contributed by atoms with Crippen LogP contribution in [0, 0.1) is 6.92 Å². The van der Waals surface area contributed by atoms with E-state index in [9.17, 15) is 22.8 Å². The third kappa shape index (κ3) is 4.97. The highest BCUT2D eigenvalue weighted by Crippen LogP contribution is 2.34. The number of hydrogen-bond acceptors (Lipinski definition) is 4. The van der Waals surface area contributed by atoms with Gasteiger partial charge < -0.3 is 14.6 Å². The molecule has 0 spiro atoms. The second-order valence-electron chi connectivity index (χ2n) is 5.97. The van der Waals surface area contributed by atoms with E-state index in [-0.39, 0.29) is 24.8 Å². The molecule has 9 heteroatoms. The monoisotopic (exact) mass is 361 g/mol. The average Bonchev–Trinajstić information content (AvgIpc) is 2.77. The van der Waals surface area contributed by atoms with Crippen molar-refractivity contribution < 1.29 is 27.2 Å². The van der Waals surface area contributed by atoms with Gasteiger partial charge in [-0.05, 0) is 26.3 Å². The first-order valence-electron chi connectivity index (χ1n) is 8.18. The maximum absolute atomic E-state index is 13.0. The van der Waals surface area contributed by atoms with E-state index >= 15 is 0 Å². The van der Waals surface area contributed by atoms with Crippen molar-refractivity contribution in [3.8, 4) is 0 Å². The zero-order valence-corrected chi connectivity index (χ0v) is 14.3. The molecule has 2 rings (SSSR count). The number of carbonyl (C=O) groups excluding carboxylic acids is 2. The van der Waals surface area contributed by atoms with Crippen LogP contribution in [0.25, 0.3) is 0 Å². The number of rotatable bonds is 4. The van der Waals surface area contributed by atoms with Gasteiger partial charge >= 0.3 is 6.18 Å². The fourth-order valence-electron chi connectivity index (χ4n) is 2.84. The molecular formula is C16H22F3N3O3. The number of furan rings is 1. The lowest BCUT2D eigenvalue weighted by atomic mass is 10.2. The number of aryl methyl sites for hydroxylation is 1. The van der Waals surface area contributed by atoms with Crippen molar-refractivity contribution in [3.05, 3.63) is 23.2 Å². The van der Waals surface area contributed by atoms with E-state index in [2.05, 4.69) is 9.73 Å². The highest BCUT2D eigenvalue weighted by Gasteiger charge is 2.41. The lowest BCUT2D eigenvalue weighted by molar-refractivity contribution is -0.153. The molecule has 0 radical (unpaired) electrons. The van der Waals surface area contributed by atoms with Gasteiger partial charge in [-0.15, -0.1) is 0 Å². The van der Waals surface area contributed by atoms with Crippen LogP contribution in [-0.4, -0.2) is 60.9 Å². The van der Waals surface area contributed by atoms with Crippen molar-refractivity contribution in [2.24, 2.45) is 0 Å². The minimum Gasteiger partial charge on any atom is -0.456 e. The Morgan fingerprint density at radius 1 is 1.24 bits per heavy atom. The number of likely N-dealkylation sites (N-methyl/N-ethyl adjacent to an activating group) is 1. The molecule has 1 aromatic rings. The molecule has 0 bridgehead atoms. The van der Waals surface area contributed by atoms with Crippen LogP contribution < -0.4 is 5.32 Å². The van der Waals surface area contributed by atoms with E-state index in [0.717, 1.165) is 6.07 Å². The highest BCUT2D eigenvalue weighted by molar-refractivity contribution is 5.95. The van der Waals surface area contributed by atoms with Crippen molar-refractivity contribution in [2.75, 3.05) is 39.3 Å². The van der Waals surface area contributed by atoms with Crippen molar-refractivity contribution in [3.63, 3.8) is 0 Å². The zero-order valence-electron chi connectivity index (χ0n) is 14.3. The Morgan fingerprint density at radius 2 is 1.96 bits per heavy atom. The molecule has 1 N–H and O–H groups in total. The van der Waals surface area contributed by atoms with E-state index in [1.807, 2.05) is 11.8 Å². The standard InChI is InChI=1S/C16H22F3N3O3/c1-3-20-13(23)10-21-5-4-6-22(8-7-21)15(24)12-9-11(2)25-14(12)16(17,18)19/h9H,3-8,10H2,1-2H3,(H,20,23). The Bertz CT molecular complexity index is 628. The van der Waals surface area contributed by atoms with Crippen molar-refractivity contribution in [1.82, 2.24) is 15.1 Å². The predicted molar refractivity (Wildman–Crippen MR) is 84.1 cm³/mol. The number of alkyl halides is 3. The molecule has 0 unspecified atom stereocenters. The molecular weight excluding hydrogens is 339 g/mol. The van der Waals surface area contributed by atoms with Crippen LogP contribution in [0.5, 0.6) is 0 Å². The van der Waals surface area contributed by atoms with Crippen LogP contribution in [0.4, 0.5) is 13.2 Å². The number of amides is 2. The Morgan fingerprint density at radius 3 is 2.60 bits per heavy atom. The van der Waals surface area contributed by atoms with Crippen LogP contribution in [0.3, 0.4) is 0 Å². The Labute approximate surface area is 143 Å². The van der Waals surface area contributed by atoms with Crippen molar-refractivity contribution in [2.45, 2.75) is 26.4 Å². The second kappa shape index (κ2) is 7.90. The fourth-order valence-corrected chi connectivity index (χ4v) is 2.84. The van der Waals surface area contributed by atoms with Crippen molar-refractivity contribution >= 4 is 11.8 Å². The molecule has 6 nitrogen and oxygen atoms in total. The Hall–Kier alpha value is -2.03. The predicted octanol–water partition coefficient (Wildman–Crippen LogP) is 1.89. The summed E-state index contributed by atoms with van der Waals surface area (Å²) in [4.78, 5) is 27.5. The summed E-state index contributed by atoms with van der Waals surface area (Å²) < 4.78 is 43.8. The Kier molecular flexibility index (Phi) is 6.10. The van der Waals surface area contributed by atoms with Gasteiger partial charge in [-0.2, -0.15) is 13.2 Å². The molecule has 25 heavy (non-hydrogen) atoms. The van der Waals surface area contributed by atoms with Crippen LogP contribution in [-0.2, 0) is 11.0 Å². The van der Waals surface area contributed by atoms with E-state index in [0.29, 0.717) is 32.6 Å². The minimum atomic E-state index is -4.71. The maximum atomic E-state index is 13.0. The van der Waals surface area contributed by atoms with Gasteiger partial charge in [0.05, 0.1) is 12.1 Å². The third-order valence-electron chi connectivity index (χ3n) is 3.96. The molecule has 1 saturated heterocycles. The summed E-state index contributed by atoms with van der Waals surface area (Å²) in [6, 6.07) is 1.13. The summed E-state index contributed by atoms with van der Waals surface area (Å²) in [6.07, 6.45) is -4.13. The maximum Gasteiger partial charge on any atom is 0.450 e. The van der Waals surface area contributed by atoms with Gasteiger partial charge in [0.25, 0.3) is 5.91 Å². The van der Waals surface area contributed by atoms with Crippen LogP contribution in [0.15, 0.2) is 10.5 Å². The first-order valence-corrected chi connectivity index (χ1v) is 8.18. The summed E-state index contributed by atoms with van der Waals surface area (Å²) in [7, 11) is 0. The van der Waals surface area contributed by atoms with Crippen LogP contribution >= 0.6 is 0 Å². The first kappa shape index (κ1) is 19.3. The topological polar surface area (TPSA) is 65.8 Å². The third-order valence-corrected chi connectivity index (χ3v) is 3.96. The van der Waals surface area contributed by atoms with Crippen molar-refractivity contribution in [1.29, 1.82) is 0 Å². The van der Waals surface area contributed by atoms with E-state index in [1.165, 1.54) is 11.8 Å². The molecule has 2 amide bonds. The number of hydrogen-bond donors (Lipinski definition) is 1. The molecule has 1 aliphatic rings. The van der Waals surface area contributed by atoms with Crippen LogP contribution in [0.2, 0.25) is 0 Å². The summed E-state index contributed by atoms with van der Waals surface area (Å²) in [6.45, 7) is 5.60. The lowest BCUT2D eigenvalue weighted by Gasteiger charge is -2.21. The van der Waals surface area contributed by atoms with Gasteiger partial charge in [0, 0.05) is 32.7 Å². The summed E-state index contributed by atoms with van der Waals surface area (Å²) in [5.41, 5.74) is -0.456. The quantitative estimate of drug-likeness (QED) is 0.890. The number of nitrogens with zero attached hydrogens (tertiary/aromatic N) is 2. The second-order valence-corrected chi connectivity index (χ2v) is 5.97. The molecule has 140 valence electrons. The molecule has 0 aliphatic carbocycles. The molecule has 1 fully saturated rings. The molecule has 0 saturated carbocycles. The van der Waals surface area contributed by atoms with Gasteiger partial charge in [-0.25, -0.2) is 0 Å². The number of nitrogens with one attached hydrogen (secondary N) is 1. The van der Waals surface area contributed by atoms with Gasteiger partial charge in [0.15, 0.2) is 0 Å². The number of carbonyl (C=O) groups is 2. The normalized spacial score (nSPS) is 16.6. The molecule has 1 aromatic heterocycles. The summed E-state index contributed by atoms with van der Waals surface area (Å²) in [5.74, 6) is -2.00. The highest BCUT2D eigenvalue weighted by atomic mass is 19.4. The number of halogens is 3. The van der Waals surface area contributed by atoms with E-state index in [1.54, 1.807) is 0 Å². The van der Waals surface area contributed by atoms with Gasteiger partial charge in [0.1, 0.15) is 5.76 Å². The molecule has 1 aliphatic heterocycles. The summed E-state index contributed by atoms with van der Waals surface area (Å²) >= 11 is 0. The Balaban J connectivity index is 2.05. The molecule has 0 aromatic carbocycles. The van der Waals surface area contributed by atoms with Gasteiger partial charge in [0.2, 0.25) is 11.7 Å². The molecule has 2 heterocycles. The summed E-state index contributed by atoms with van der Waals surface area (Å²) in [5, 5.41) is 2.70. The largest absolute Gasteiger partial charge is 0.456 e. The fraction of sp³-hybridized carbons (Fsp3) is 0.625. The van der Waals surface area contributed by atoms with Gasteiger partial charge in [-0.1, -0.05) is 0 Å². The smallest absolute Gasteiger partial charge is 0.450 e. The minimum absolute atomic E-state index is 0.0448. The van der Waals surface area contributed by atoms with Gasteiger partial charge in [-0.3, -0.25) is 14.5 Å². The first-order chi connectivity index (χ1) is 11.7. The van der Waals surface area contributed by atoms with E-state index in [4.69, 9.17) is 0 Å². The average molecular weight is 361 g/mol. The SMILES string of the molecule is CCNC(=O)CN1CCCN(C(=O)c2cc(C)oc2C(F)(F)F)CC1. The molecule has 0 atom stereocenters.